The number of carbonyl (C=O) groups excluding carboxylic acids is 3. The van der Waals surface area contributed by atoms with Crippen molar-refractivity contribution in [3.05, 3.63) is 71.9 Å². The molecule has 2 aromatic carbocycles. The number of rotatable bonds is 12. The molecule has 3 aromatic rings. The third-order valence-electron chi connectivity index (χ3n) is 6.20. The van der Waals surface area contributed by atoms with Gasteiger partial charge in [-0.1, -0.05) is 48.5 Å². The lowest BCUT2D eigenvalue weighted by molar-refractivity contribution is -0.142. The maximum atomic E-state index is 13.2. The predicted octanol–water partition coefficient (Wildman–Crippen LogP) is 0.220. The summed E-state index contributed by atoms with van der Waals surface area (Å²) in [6.07, 6.45) is 0.727. The number of aliphatic carboxylic acids is 1. The van der Waals surface area contributed by atoms with Crippen molar-refractivity contribution in [1.82, 2.24) is 20.9 Å². The van der Waals surface area contributed by atoms with Crippen LogP contribution in [0.4, 0.5) is 0 Å². The first-order valence-electron chi connectivity index (χ1n) is 12.2. The highest BCUT2D eigenvalue weighted by Crippen LogP contribution is 2.19. The van der Waals surface area contributed by atoms with Crippen LogP contribution >= 0.6 is 0 Å². The van der Waals surface area contributed by atoms with Gasteiger partial charge < -0.3 is 36.9 Å². The molecule has 3 rings (SSSR count). The number of aromatic nitrogens is 1. The Kier molecular flexibility index (Phi) is 9.58. The first kappa shape index (κ1) is 28.4. The second-order valence-corrected chi connectivity index (χ2v) is 9.21. The molecule has 1 aromatic heterocycles. The Labute approximate surface area is 219 Å². The number of nitrogens with two attached hydrogens (primary N) is 1. The number of H-pyrrole nitrogens is 1. The fraction of sp³-hybridized carbons (Fsp3) is 0.333. The van der Waals surface area contributed by atoms with Gasteiger partial charge in [-0.2, -0.15) is 0 Å². The van der Waals surface area contributed by atoms with E-state index in [1.807, 2.05) is 24.3 Å². The van der Waals surface area contributed by atoms with Crippen LogP contribution in [0.1, 0.15) is 25.0 Å². The summed E-state index contributed by atoms with van der Waals surface area (Å²) in [5.74, 6) is -3.30. The van der Waals surface area contributed by atoms with Crippen molar-refractivity contribution in [2.24, 2.45) is 5.73 Å². The number of carbonyl (C=O) groups is 4. The van der Waals surface area contributed by atoms with Gasteiger partial charge in [0, 0.05) is 29.9 Å². The smallest absolute Gasteiger partial charge is 0.326 e. The summed E-state index contributed by atoms with van der Waals surface area (Å²) in [5, 5.41) is 27.7. The highest BCUT2D eigenvalue weighted by Gasteiger charge is 2.30. The van der Waals surface area contributed by atoms with E-state index in [1.54, 1.807) is 36.5 Å². The van der Waals surface area contributed by atoms with Crippen molar-refractivity contribution >= 4 is 34.6 Å². The van der Waals surface area contributed by atoms with Crippen LogP contribution in [-0.4, -0.2) is 69.2 Å². The molecule has 0 fully saturated rings. The number of benzene rings is 2. The number of aliphatic hydroxyl groups is 1. The summed E-state index contributed by atoms with van der Waals surface area (Å²) in [7, 11) is 0. The molecular weight excluding hydrogens is 490 g/mol. The van der Waals surface area contributed by atoms with E-state index in [0.717, 1.165) is 22.0 Å². The van der Waals surface area contributed by atoms with Gasteiger partial charge in [0.2, 0.25) is 17.7 Å². The molecule has 0 radical (unpaired) electrons. The van der Waals surface area contributed by atoms with E-state index >= 15 is 0 Å². The fourth-order valence-corrected chi connectivity index (χ4v) is 3.94. The Morgan fingerprint density at radius 2 is 1.47 bits per heavy atom. The fourth-order valence-electron chi connectivity index (χ4n) is 3.94. The lowest BCUT2D eigenvalue weighted by atomic mass is 10.0. The Balaban J connectivity index is 1.72. The van der Waals surface area contributed by atoms with Gasteiger partial charge in [-0.05, 0) is 31.0 Å². The maximum Gasteiger partial charge on any atom is 0.326 e. The van der Waals surface area contributed by atoms with Crippen molar-refractivity contribution in [3.8, 4) is 0 Å². The normalized spacial score (nSPS) is 15.1. The standard InChI is InChI=1S/C27H33N5O6/c1-15(24(34)32-22(27(37)38)12-17-8-4-3-5-9-17)30-25(35)21(31-26(36)23(28)16(2)33)13-18-14-29-20-11-7-6-10-19(18)20/h3-11,14-16,21-23,29,33H,12-13,28H2,1-2H3,(H,30,35)(H,31,36)(H,32,34)(H,37,38). The van der Waals surface area contributed by atoms with Crippen LogP contribution in [0.3, 0.4) is 0 Å². The van der Waals surface area contributed by atoms with Gasteiger partial charge in [0.1, 0.15) is 24.2 Å². The number of aliphatic hydroxyl groups excluding tert-OH is 1. The molecule has 1 heterocycles. The Hall–Kier alpha value is -4.22. The van der Waals surface area contributed by atoms with Crippen LogP contribution in [0, 0.1) is 0 Å². The summed E-state index contributed by atoms with van der Waals surface area (Å²) >= 11 is 0. The molecule has 0 aliphatic carbocycles. The summed E-state index contributed by atoms with van der Waals surface area (Å²) in [6.45, 7) is 2.78. The number of fused-ring (bicyclic) bond motifs is 1. The van der Waals surface area contributed by atoms with Crippen molar-refractivity contribution in [3.63, 3.8) is 0 Å². The Bertz CT molecular complexity index is 1280. The van der Waals surface area contributed by atoms with Gasteiger partial charge in [-0.15, -0.1) is 0 Å². The molecule has 0 aliphatic heterocycles. The van der Waals surface area contributed by atoms with Crippen molar-refractivity contribution in [2.45, 2.75) is 57.0 Å². The Morgan fingerprint density at radius 3 is 2.13 bits per heavy atom. The largest absolute Gasteiger partial charge is 0.480 e. The van der Waals surface area contributed by atoms with Crippen LogP contribution in [0.5, 0.6) is 0 Å². The minimum absolute atomic E-state index is 0.0685. The number of para-hydroxylation sites is 1. The van der Waals surface area contributed by atoms with E-state index in [4.69, 9.17) is 5.73 Å². The van der Waals surface area contributed by atoms with Crippen LogP contribution < -0.4 is 21.7 Å². The second kappa shape index (κ2) is 12.8. The predicted molar refractivity (Wildman–Crippen MR) is 141 cm³/mol. The van der Waals surface area contributed by atoms with E-state index in [9.17, 15) is 29.4 Å². The van der Waals surface area contributed by atoms with Crippen molar-refractivity contribution in [2.75, 3.05) is 0 Å². The first-order valence-corrected chi connectivity index (χ1v) is 12.2. The van der Waals surface area contributed by atoms with Gasteiger partial charge in [0.15, 0.2) is 0 Å². The topological polar surface area (TPSA) is 187 Å². The summed E-state index contributed by atoms with van der Waals surface area (Å²) in [5.41, 5.74) is 8.07. The third-order valence-corrected chi connectivity index (χ3v) is 6.20. The third kappa shape index (κ3) is 7.40. The lowest BCUT2D eigenvalue weighted by Crippen LogP contribution is -2.58. The lowest BCUT2D eigenvalue weighted by Gasteiger charge is -2.24. The molecule has 0 saturated heterocycles. The average molecular weight is 524 g/mol. The SMILES string of the molecule is CC(NC(=O)C(Cc1c[nH]c2ccccc12)NC(=O)C(N)C(C)O)C(=O)NC(Cc1ccccc1)C(=O)O. The minimum Gasteiger partial charge on any atom is -0.480 e. The minimum atomic E-state index is -1.26. The molecule has 11 nitrogen and oxygen atoms in total. The van der Waals surface area contributed by atoms with Crippen LogP contribution in [0.15, 0.2) is 60.8 Å². The molecule has 0 saturated carbocycles. The molecule has 8 N–H and O–H groups in total. The average Bonchev–Trinajstić information content (AvgIpc) is 3.30. The van der Waals surface area contributed by atoms with Crippen molar-refractivity contribution < 1.29 is 29.4 Å². The molecule has 0 spiro atoms. The maximum absolute atomic E-state index is 13.2. The molecule has 38 heavy (non-hydrogen) atoms. The second-order valence-electron chi connectivity index (χ2n) is 9.21. The highest BCUT2D eigenvalue weighted by molar-refractivity contribution is 5.94. The zero-order chi connectivity index (χ0) is 27.8. The van der Waals surface area contributed by atoms with Gasteiger partial charge in [0.25, 0.3) is 0 Å². The number of amides is 3. The summed E-state index contributed by atoms with van der Waals surface area (Å²) in [6, 6.07) is 11.6. The van der Waals surface area contributed by atoms with Gasteiger partial charge in [0.05, 0.1) is 6.10 Å². The van der Waals surface area contributed by atoms with E-state index in [1.165, 1.54) is 13.8 Å². The molecular formula is C27H33N5O6. The number of aromatic amines is 1. The number of carboxylic acid groups (broad SMARTS) is 1. The number of hydrogen-bond donors (Lipinski definition) is 7. The summed E-state index contributed by atoms with van der Waals surface area (Å²) in [4.78, 5) is 53.4. The molecule has 0 bridgehead atoms. The highest BCUT2D eigenvalue weighted by atomic mass is 16.4. The van der Waals surface area contributed by atoms with E-state index in [2.05, 4.69) is 20.9 Å². The van der Waals surface area contributed by atoms with Crippen LogP contribution in [0.25, 0.3) is 10.9 Å². The molecule has 5 atom stereocenters. The molecule has 202 valence electrons. The summed E-state index contributed by atoms with van der Waals surface area (Å²) < 4.78 is 0. The Morgan fingerprint density at radius 1 is 0.842 bits per heavy atom. The first-order chi connectivity index (χ1) is 18.1. The van der Waals surface area contributed by atoms with E-state index < -0.39 is 54.0 Å². The van der Waals surface area contributed by atoms with Gasteiger partial charge in [-0.25, -0.2) is 4.79 Å². The molecule has 5 unspecified atom stereocenters. The zero-order valence-corrected chi connectivity index (χ0v) is 21.2. The molecule has 0 aliphatic rings. The van der Waals surface area contributed by atoms with Crippen LogP contribution in [-0.2, 0) is 32.0 Å². The quantitative estimate of drug-likeness (QED) is 0.177. The number of hydrogen-bond acceptors (Lipinski definition) is 6. The van der Waals surface area contributed by atoms with Crippen LogP contribution in [0.2, 0.25) is 0 Å². The number of nitrogens with one attached hydrogen (secondary N) is 4. The zero-order valence-electron chi connectivity index (χ0n) is 21.2. The van der Waals surface area contributed by atoms with E-state index in [0.29, 0.717) is 0 Å². The number of carboxylic acids is 1. The molecule has 3 amide bonds. The van der Waals surface area contributed by atoms with Gasteiger partial charge in [-0.3, -0.25) is 14.4 Å². The monoisotopic (exact) mass is 523 g/mol. The van der Waals surface area contributed by atoms with Gasteiger partial charge >= 0.3 is 5.97 Å². The van der Waals surface area contributed by atoms with Crippen molar-refractivity contribution in [1.29, 1.82) is 0 Å². The molecule has 11 heteroatoms. The van der Waals surface area contributed by atoms with E-state index in [-0.39, 0.29) is 12.8 Å².